The molecule has 1 atom stereocenters. The molecule has 16 heavy (non-hydrogen) atoms. The summed E-state index contributed by atoms with van der Waals surface area (Å²) >= 11 is 3.33. The second-order valence-corrected chi connectivity index (χ2v) is 6.39. The summed E-state index contributed by atoms with van der Waals surface area (Å²) in [5.74, 6) is 0.393. The summed E-state index contributed by atoms with van der Waals surface area (Å²) in [4.78, 5) is 16.1. The average molecular weight is 249 g/mol. The van der Waals surface area contributed by atoms with Crippen molar-refractivity contribution in [2.24, 2.45) is 0 Å². The number of carbonyl (C=O) groups excluding carboxylic acids is 1. The van der Waals surface area contributed by atoms with Gasteiger partial charge < -0.3 is 0 Å². The van der Waals surface area contributed by atoms with Crippen LogP contribution in [0, 0.1) is 0 Å². The number of fused-ring (bicyclic) bond motifs is 1. The predicted molar refractivity (Wildman–Crippen MR) is 68.1 cm³/mol. The number of nitrogens with zero attached hydrogens (tertiary/aromatic N) is 1. The van der Waals surface area contributed by atoms with Gasteiger partial charge in [0.05, 0.1) is 15.5 Å². The summed E-state index contributed by atoms with van der Waals surface area (Å²) < 4.78 is 2.23. The molecule has 4 heteroatoms. The van der Waals surface area contributed by atoms with Crippen LogP contribution in [-0.2, 0) is 4.79 Å². The molecule has 2 nitrogen and oxygen atoms in total. The quantitative estimate of drug-likeness (QED) is 0.815. The van der Waals surface area contributed by atoms with Gasteiger partial charge in [-0.3, -0.25) is 4.79 Å². The predicted octanol–water partition coefficient (Wildman–Crippen LogP) is 3.51. The fraction of sp³-hybridized carbons (Fsp3) is 0.333. The molecule has 1 aromatic carbocycles. The zero-order valence-corrected chi connectivity index (χ0v) is 10.3. The molecule has 0 radical (unpaired) electrons. The third-order valence-electron chi connectivity index (χ3n) is 2.77. The highest BCUT2D eigenvalue weighted by atomic mass is 32.2. The van der Waals surface area contributed by atoms with Crippen LogP contribution in [0.4, 0.5) is 0 Å². The van der Waals surface area contributed by atoms with Crippen molar-refractivity contribution in [2.45, 2.75) is 28.9 Å². The summed E-state index contributed by atoms with van der Waals surface area (Å²) in [6, 6.07) is 8.12. The molecule has 0 saturated heterocycles. The second kappa shape index (κ2) is 4.18. The molecule has 3 rings (SSSR count). The first kappa shape index (κ1) is 10.3. The summed E-state index contributed by atoms with van der Waals surface area (Å²) in [5.41, 5.74) is 1.04. The van der Waals surface area contributed by atoms with E-state index in [0.717, 1.165) is 29.1 Å². The molecule has 1 aliphatic carbocycles. The lowest BCUT2D eigenvalue weighted by Gasteiger charge is -2.02. The summed E-state index contributed by atoms with van der Waals surface area (Å²) in [5, 5.41) is 0.153. The lowest BCUT2D eigenvalue weighted by Crippen LogP contribution is -2.07. The summed E-state index contributed by atoms with van der Waals surface area (Å²) in [6.45, 7) is 0. The van der Waals surface area contributed by atoms with Crippen LogP contribution in [0.2, 0.25) is 0 Å². The van der Waals surface area contributed by atoms with Crippen LogP contribution in [-0.4, -0.2) is 16.0 Å². The fourth-order valence-corrected chi connectivity index (χ4v) is 4.37. The van der Waals surface area contributed by atoms with Crippen LogP contribution < -0.4 is 0 Å². The van der Waals surface area contributed by atoms with Crippen molar-refractivity contribution < 1.29 is 4.79 Å². The Bertz CT molecular complexity index is 502. The first-order chi connectivity index (χ1) is 7.83. The standard InChI is InChI=1S/C12H11NOS2/c14-9-5-3-7-11(9)16-12-13-8-4-1-2-6-10(8)15-12/h1-2,4,6,11H,3,5,7H2. The summed E-state index contributed by atoms with van der Waals surface area (Å²) in [6.07, 6.45) is 2.81. The molecule has 1 fully saturated rings. The number of ketones is 1. The highest BCUT2D eigenvalue weighted by Gasteiger charge is 2.26. The maximum atomic E-state index is 11.5. The maximum Gasteiger partial charge on any atom is 0.151 e. The lowest BCUT2D eigenvalue weighted by molar-refractivity contribution is -0.116. The van der Waals surface area contributed by atoms with E-state index in [1.165, 1.54) is 4.70 Å². The van der Waals surface area contributed by atoms with Gasteiger partial charge in [-0.25, -0.2) is 4.98 Å². The van der Waals surface area contributed by atoms with Gasteiger partial charge in [0, 0.05) is 6.42 Å². The third-order valence-corrected chi connectivity index (χ3v) is 5.21. The second-order valence-electron chi connectivity index (χ2n) is 3.91. The van der Waals surface area contributed by atoms with Crippen LogP contribution in [0.25, 0.3) is 10.2 Å². The zero-order chi connectivity index (χ0) is 11.0. The Hall–Kier alpha value is -0.870. The number of aromatic nitrogens is 1. The van der Waals surface area contributed by atoms with E-state index in [1.807, 2.05) is 18.2 Å². The van der Waals surface area contributed by atoms with E-state index in [4.69, 9.17) is 0 Å². The molecule has 0 bridgehead atoms. The first-order valence-electron chi connectivity index (χ1n) is 5.38. The van der Waals surface area contributed by atoms with Gasteiger partial charge in [-0.05, 0) is 25.0 Å². The topological polar surface area (TPSA) is 30.0 Å². The van der Waals surface area contributed by atoms with Crippen LogP contribution in [0.5, 0.6) is 0 Å². The molecule has 1 aromatic heterocycles. The average Bonchev–Trinajstić information content (AvgIpc) is 2.85. The highest BCUT2D eigenvalue weighted by molar-refractivity contribution is 8.02. The molecule has 1 unspecified atom stereocenters. The van der Waals surface area contributed by atoms with Crippen molar-refractivity contribution in [1.29, 1.82) is 0 Å². The van der Waals surface area contributed by atoms with Gasteiger partial charge >= 0.3 is 0 Å². The van der Waals surface area contributed by atoms with Crippen LogP contribution in [0.15, 0.2) is 28.6 Å². The molecule has 1 aliphatic rings. The van der Waals surface area contributed by atoms with E-state index < -0.39 is 0 Å². The minimum atomic E-state index is 0.153. The molecule has 82 valence electrons. The highest BCUT2D eigenvalue weighted by Crippen LogP contribution is 2.36. The van der Waals surface area contributed by atoms with Gasteiger partial charge in [0.25, 0.3) is 0 Å². The van der Waals surface area contributed by atoms with Crippen molar-refractivity contribution in [3.8, 4) is 0 Å². The Labute approximate surface area is 102 Å². The van der Waals surface area contributed by atoms with Gasteiger partial charge in [0.1, 0.15) is 5.78 Å². The molecular formula is C12H11NOS2. The van der Waals surface area contributed by atoms with Gasteiger partial charge in [-0.1, -0.05) is 23.9 Å². The molecule has 0 aliphatic heterocycles. The number of rotatable bonds is 2. The Morgan fingerprint density at radius 3 is 3.00 bits per heavy atom. The van der Waals surface area contributed by atoms with Crippen molar-refractivity contribution in [2.75, 3.05) is 0 Å². The first-order valence-corrected chi connectivity index (χ1v) is 7.07. The van der Waals surface area contributed by atoms with Crippen LogP contribution in [0.1, 0.15) is 19.3 Å². The number of carbonyl (C=O) groups is 1. The molecular weight excluding hydrogens is 238 g/mol. The SMILES string of the molecule is O=C1CCCC1Sc1nc2ccccc2s1. The molecule has 1 heterocycles. The number of thiazole rings is 1. The number of thioether (sulfide) groups is 1. The molecule has 0 spiro atoms. The molecule has 0 amide bonds. The van der Waals surface area contributed by atoms with Crippen LogP contribution in [0.3, 0.4) is 0 Å². The Kier molecular flexibility index (Phi) is 2.69. The summed E-state index contributed by atoms with van der Waals surface area (Å²) in [7, 11) is 0. The third kappa shape index (κ3) is 1.87. The zero-order valence-electron chi connectivity index (χ0n) is 8.68. The smallest absolute Gasteiger partial charge is 0.151 e. The van der Waals surface area contributed by atoms with Crippen molar-refractivity contribution in [1.82, 2.24) is 4.98 Å². The van der Waals surface area contributed by atoms with Crippen LogP contribution >= 0.6 is 23.1 Å². The van der Waals surface area contributed by atoms with Gasteiger partial charge in [-0.15, -0.1) is 11.3 Å². The number of hydrogen-bond acceptors (Lipinski definition) is 4. The number of Topliss-reactive ketones (excluding diaryl/α,β-unsaturated/α-hetero) is 1. The van der Waals surface area contributed by atoms with E-state index >= 15 is 0 Å². The van der Waals surface area contributed by atoms with E-state index in [-0.39, 0.29) is 5.25 Å². The largest absolute Gasteiger partial charge is 0.298 e. The molecule has 1 saturated carbocycles. The Morgan fingerprint density at radius 1 is 1.38 bits per heavy atom. The van der Waals surface area contributed by atoms with E-state index in [9.17, 15) is 4.79 Å². The van der Waals surface area contributed by atoms with E-state index in [0.29, 0.717) is 5.78 Å². The van der Waals surface area contributed by atoms with E-state index in [2.05, 4.69) is 11.1 Å². The van der Waals surface area contributed by atoms with E-state index in [1.54, 1.807) is 23.1 Å². The Morgan fingerprint density at radius 2 is 2.25 bits per heavy atom. The monoisotopic (exact) mass is 249 g/mol. The van der Waals surface area contributed by atoms with Gasteiger partial charge in [0.15, 0.2) is 4.34 Å². The molecule has 2 aromatic rings. The maximum absolute atomic E-state index is 11.5. The minimum absolute atomic E-state index is 0.153. The lowest BCUT2D eigenvalue weighted by atomic mass is 10.3. The van der Waals surface area contributed by atoms with Crippen molar-refractivity contribution in [3.05, 3.63) is 24.3 Å². The minimum Gasteiger partial charge on any atom is -0.298 e. The normalized spacial score (nSPS) is 20.8. The number of benzene rings is 1. The number of para-hydroxylation sites is 1. The van der Waals surface area contributed by atoms with Gasteiger partial charge in [0.2, 0.25) is 0 Å². The number of hydrogen-bond donors (Lipinski definition) is 0. The van der Waals surface area contributed by atoms with Crippen molar-refractivity contribution >= 4 is 39.1 Å². The van der Waals surface area contributed by atoms with Crippen molar-refractivity contribution in [3.63, 3.8) is 0 Å². The van der Waals surface area contributed by atoms with Gasteiger partial charge in [-0.2, -0.15) is 0 Å². The Balaban J connectivity index is 1.86. The fourth-order valence-electron chi connectivity index (χ4n) is 1.93. The molecule has 0 N–H and O–H groups in total.